The summed E-state index contributed by atoms with van der Waals surface area (Å²) in [5.74, 6) is 0.338. The Kier molecular flexibility index (Phi) is 4.49. The lowest BCUT2D eigenvalue weighted by Crippen LogP contribution is -2.29. The number of carbonyl (C=O) groups is 1. The molecule has 0 aliphatic carbocycles. The Labute approximate surface area is 109 Å². The molecule has 1 amide bonds. The van der Waals surface area contributed by atoms with Crippen LogP contribution in [0.15, 0.2) is 24.3 Å². The maximum absolute atomic E-state index is 11.8. The van der Waals surface area contributed by atoms with Crippen LogP contribution in [0.25, 0.3) is 0 Å². The van der Waals surface area contributed by atoms with E-state index in [1.165, 1.54) is 5.56 Å². The van der Waals surface area contributed by atoms with Gasteiger partial charge in [0.2, 0.25) is 5.91 Å². The second-order valence-electron chi connectivity index (χ2n) is 5.49. The number of anilines is 1. The first kappa shape index (κ1) is 14.2. The summed E-state index contributed by atoms with van der Waals surface area (Å²) in [5.41, 5.74) is 0.981. The van der Waals surface area contributed by atoms with E-state index in [1.54, 1.807) is 13.8 Å². The van der Waals surface area contributed by atoms with Gasteiger partial charge in [0.25, 0.3) is 0 Å². The van der Waals surface area contributed by atoms with Crippen molar-refractivity contribution in [1.82, 2.24) is 0 Å². The molecule has 0 saturated heterocycles. The van der Waals surface area contributed by atoms with Crippen LogP contribution in [-0.2, 0) is 11.2 Å². The molecule has 0 saturated carbocycles. The zero-order chi connectivity index (χ0) is 13.8. The van der Waals surface area contributed by atoms with E-state index in [0.29, 0.717) is 5.92 Å². The number of nitrogens with zero attached hydrogens (tertiary/aromatic N) is 1. The van der Waals surface area contributed by atoms with E-state index in [1.807, 2.05) is 30.3 Å². The number of rotatable bonds is 4. The lowest BCUT2D eigenvalue weighted by atomic mass is 9.94. The molecule has 0 radical (unpaired) electrons. The number of carbonyl (C=O) groups excluding carboxylic acids is 1. The second kappa shape index (κ2) is 5.68. The molecule has 0 aromatic heterocycles. The average Bonchev–Trinajstić information content (AvgIpc) is 2.31. The van der Waals surface area contributed by atoms with E-state index in [-0.39, 0.29) is 5.91 Å². The van der Waals surface area contributed by atoms with Gasteiger partial charge in [0.15, 0.2) is 0 Å². The topological polar surface area (TPSA) is 52.9 Å². The van der Waals surface area contributed by atoms with Crippen LogP contribution in [0.4, 0.5) is 5.69 Å². The lowest BCUT2D eigenvalue weighted by Gasteiger charge is -2.15. The van der Waals surface area contributed by atoms with Gasteiger partial charge >= 0.3 is 0 Å². The van der Waals surface area contributed by atoms with Gasteiger partial charge in [-0.15, -0.1) is 0 Å². The molecular formula is C15H20N2O. The molecular weight excluding hydrogens is 224 g/mol. The van der Waals surface area contributed by atoms with Gasteiger partial charge in [-0.05, 0) is 43.9 Å². The minimum Gasteiger partial charge on any atom is -0.325 e. The van der Waals surface area contributed by atoms with Crippen molar-refractivity contribution in [3.8, 4) is 6.07 Å². The third kappa shape index (κ3) is 3.89. The van der Waals surface area contributed by atoms with Crippen molar-refractivity contribution in [2.24, 2.45) is 11.3 Å². The Morgan fingerprint density at radius 2 is 1.89 bits per heavy atom. The molecule has 0 atom stereocenters. The summed E-state index contributed by atoms with van der Waals surface area (Å²) in [4.78, 5) is 11.8. The number of amides is 1. The van der Waals surface area contributed by atoms with Crippen molar-refractivity contribution in [3.05, 3.63) is 29.8 Å². The fourth-order valence-corrected chi connectivity index (χ4v) is 1.53. The third-order valence-corrected chi connectivity index (χ3v) is 2.70. The maximum atomic E-state index is 11.8. The van der Waals surface area contributed by atoms with Crippen LogP contribution < -0.4 is 5.32 Å². The van der Waals surface area contributed by atoms with Gasteiger partial charge in [-0.2, -0.15) is 5.26 Å². The third-order valence-electron chi connectivity index (χ3n) is 2.70. The highest BCUT2D eigenvalue weighted by Gasteiger charge is 2.27. The molecule has 3 nitrogen and oxygen atoms in total. The van der Waals surface area contributed by atoms with E-state index >= 15 is 0 Å². The summed E-state index contributed by atoms with van der Waals surface area (Å²) in [6, 6.07) is 9.76. The van der Waals surface area contributed by atoms with Crippen molar-refractivity contribution < 1.29 is 4.79 Å². The molecule has 0 unspecified atom stereocenters. The molecule has 0 aliphatic heterocycles. The summed E-state index contributed by atoms with van der Waals surface area (Å²) in [6.45, 7) is 7.56. The van der Waals surface area contributed by atoms with Gasteiger partial charge in [0.1, 0.15) is 5.41 Å². The van der Waals surface area contributed by atoms with Gasteiger partial charge in [-0.3, -0.25) is 4.79 Å². The van der Waals surface area contributed by atoms with E-state index < -0.39 is 5.41 Å². The van der Waals surface area contributed by atoms with Crippen LogP contribution in [0.1, 0.15) is 33.3 Å². The van der Waals surface area contributed by atoms with E-state index in [4.69, 9.17) is 5.26 Å². The summed E-state index contributed by atoms with van der Waals surface area (Å²) >= 11 is 0. The highest BCUT2D eigenvalue weighted by Crippen LogP contribution is 2.18. The predicted octanol–water partition coefficient (Wildman–Crippen LogP) is 3.37. The number of benzene rings is 1. The standard InChI is InChI=1S/C15H20N2O/c1-11(2)9-12-5-7-13(8-6-12)17-14(18)15(3,4)10-16/h5-8,11H,9H2,1-4H3,(H,17,18). The molecule has 0 aliphatic rings. The first-order chi connectivity index (χ1) is 8.35. The summed E-state index contributed by atoms with van der Waals surface area (Å²) in [5, 5.41) is 11.6. The van der Waals surface area contributed by atoms with Crippen molar-refractivity contribution in [3.63, 3.8) is 0 Å². The molecule has 1 N–H and O–H groups in total. The van der Waals surface area contributed by atoms with Crippen molar-refractivity contribution in [2.45, 2.75) is 34.1 Å². The number of hydrogen-bond acceptors (Lipinski definition) is 2. The zero-order valence-corrected chi connectivity index (χ0v) is 11.4. The Morgan fingerprint density at radius 1 is 1.33 bits per heavy atom. The molecule has 0 bridgehead atoms. The molecule has 18 heavy (non-hydrogen) atoms. The zero-order valence-electron chi connectivity index (χ0n) is 11.4. The predicted molar refractivity (Wildman–Crippen MR) is 73.0 cm³/mol. The van der Waals surface area contributed by atoms with Crippen molar-refractivity contribution in [1.29, 1.82) is 5.26 Å². The minimum absolute atomic E-state index is 0.276. The molecule has 0 spiro atoms. The molecule has 1 aromatic rings. The van der Waals surface area contributed by atoms with Crippen LogP contribution in [0.3, 0.4) is 0 Å². The van der Waals surface area contributed by atoms with Gasteiger partial charge in [0.05, 0.1) is 6.07 Å². The Hall–Kier alpha value is -1.82. The summed E-state index contributed by atoms with van der Waals surface area (Å²) in [7, 11) is 0. The summed E-state index contributed by atoms with van der Waals surface area (Å²) < 4.78 is 0. The molecule has 1 rings (SSSR count). The van der Waals surface area contributed by atoms with Gasteiger partial charge in [0, 0.05) is 5.69 Å². The Balaban J connectivity index is 2.70. The average molecular weight is 244 g/mol. The smallest absolute Gasteiger partial charge is 0.244 e. The first-order valence-electron chi connectivity index (χ1n) is 6.17. The summed E-state index contributed by atoms with van der Waals surface area (Å²) in [6.07, 6.45) is 1.03. The van der Waals surface area contributed by atoms with E-state index in [2.05, 4.69) is 19.2 Å². The normalized spacial score (nSPS) is 11.1. The first-order valence-corrected chi connectivity index (χ1v) is 6.17. The number of nitrogens with one attached hydrogen (secondary N) is 1. The highest BCUT2D eigenvalue weighted by molar-refractivity contribution is 5.96. The minimum atomic E-state index is -1.00. The fraction of sp³-hybridized carbons (Fsp3) is 0.467. The van der Waals surface area contributed by atoms with Crippen LogP contribution in [0.2, 0.25) is 0 Å². The molecule has 0 fully saturated rings. The van der Waals surface area contributed by atoms with Crippen molar-refractivity contribution >= 4 is 11.6 Å². The highest BCUT2D eigenvalue weighted by atomic mass is 16.2. The van der Waals surface area contributed by atoms with Gasteiger partial charge in [-0.1, -0.05) is 26.0 Å². The maximum Gasteiger partial charge on any atom is 0.244 e. The fourth-order valence-electron chi connectivity index (χ4n) is 1.53. The quantitative estimate of drug-likeness (QED) is 0.882. The largest absolute Gasteiger partial charge is 0.325 e. The van der Waals surface area contributed by atoms with E-state index in [9.17, 15) is 4.79 Å². The van der Waals surface area contributed by atoms with Crippen LogP contribution in [-0.4, -0.2) is 5.91 Å². The molecule has 96 valence electrons. The van der Waals surface area contributed by atoms with E-state index in [0.717, 1.165) is 12.1 Å². The van der Waals surface area contributed by atoms with Crippen LogP contribution in [0.5, 0.6) is 0 Å². The lowest BCUT2D eigenvalue weighted by molar-refractivity contribution is -0.121. The van der Waals surface area contributed by atoms with Crippen LogP contribution in [0, 0.1) is 22.7 Å². The Morgan fingerprint density at radius 3 is 2.33 bits per heavy atom. The molecule has 1 aromatic carbocycles. The number of hydrogen-bond donors (Lipinski definition) is 1. The van der Waals surface area contributed by atoms with Gasteiger partial charge in [-0.25, -0.2) is 0 Å². The van der Waals surface area contributed by atoms with Crippen molar-refractivity contribution in [2.75, 3.05) is 5.32 Å². The number of nitriles is 1. The molecule has 0 heterocycles. The monoisotopic (exact) mass is 244 g/mol. The Bertz CT molecular complexity index is 452. The van der Waals surface area contributed by atoms with Gasteiger partial charge < -0.3 is 5.32 Å². The molecule has 3 heteroatoms. The van der Waals surface area contributed by atoms with Crippen LogP contribution >= 0.6 is 0 Å². The SMILES string of the molecule is CC(C)Cc1ccc(NC(=O)C(C)(C)C#N)cc1. The second-order valence-corrected chi connectivity index (χ2v) is 5.49.